The van der Waals surface area contributed by atoms with E-state index in [0.717, 1.165) is 5.69 Å². The minimum atomic E-state index is -0.250. The van der Waals surface area contributed by atoms with E-state index < -0.39 is 0 Å². The molecule has 1 nitrogen and oxygen atoms in total. The normalized spacial score (nSPS) is 14.0. The summed E-state index contributed by atoms with van der Waals surface area (Å²) in [6, 6.07) is 84.5. The highest BCUT2D eigenvalue weighted by Crippen LogP contribution is 2.54. The van der Waals surface area contributed by atoms with Gasteiger partial charge < -0.3 is 4.90 Å². The van der Waals surface area contributed by atoms with Gasteiger partial charge in [-0.05, 0) is 158 Å². The Morgan fingerprint density at radius 3 is 1.32 bits per heavy atom. The monoisotopic (exact) mass is 879 g/mol. The Kier molecular flexibility index (Phi) is 8.45. The Hall–Kier alpha value is -8.26. The molecular formula is C68H49N. The lowest BCUT2D eigenvalue weighted by Crippen LogP contribution is -2.17. The average Bonchev–Trinajstić information content (AvgIpc) is 3.76. The zero-order valence-electron chi connectivity index (χ0n) is 39.3. The van der Waals surface area contributed by atoms with Crippen molar-refractivity contribution in [3.63, 3.8) is 0 Å². The third-order valence-corrected chi connectivity index (χ3v) is 16.0. The van der Waals surface area contributed by atoms with Crippen LogP contribution in [0.25, 0.3) is 98.4 Å². The molecular weight excluding hydrogens is 831 g/mol. The van der Waals surface area contributed by atoms with Crippen LogP contribution in [0.15, 0.2) is 224 Å². The first-order valence-electron chi connectivity index (χ1n) is 24.4. The van der Waals surface area contributed by atoms with Gasteiger partial charge in [-0.2, -0.15) is 0 Å². The van der Waals surface area contributed by atoms with Crippen molar-refractivity contribution in [3.05, 3.63) is 247 Å². The maximum absolute atomic E-state index is 2.50. The second-order valence-electron chi connectivity index (χ2n) is 20.4. The van der Waals surface area contributed by atoms with Gasteiger partial charge in [-0.15, -0.1) is 0 Å². The maximum atomic E-state index is 2.50. The van der Waals surface area contributed by atoms with Gasteiger partial charge in [0.15, 0.2) is 0 Å². The first-order chi connectivity index (χ1) is 33.7. The van der Waals surface area contributed by atoms with Gasteiger partial charge in [0.2, 0.25) is 0 Å². The van der Waals surface area contributed by atoms with Crippen LogP contribution in [-0.2, 0) is 10.8 Å². The second-order valence-corrected chi connectivity index (χ2v) is 20.4. The molecule has 12 aromatic carbocycles. The van der Waals surface area contributed by atoms with Gasteiger partial charge in [0.1, 0.15) is 0 Å². The van der Waals surface area contributed by atoms with E-state index in [1.807, 2.05) is 0 Å². The van der Waals surface area contributed by atoms with E-state index in [1.54, 1.807) is 0 Å². The van der Waals surface area contributed by atoms with Crippen molar-refractivity contribution < 1.29 is 0 Å². The number of fused-ring (bicyclic) bond motifs is 13. The van der Waals surface area contributed by atoms with Crippen molar-refractivity contribution >= 4 is 70.9 Å². The first kappa shape index (κ1) is 39.9. The Morgan fingerprint density at radius 1 is 0.261 bits per heavy atom. The zero-order chi connectivity index (χ0) is 46.2. The van der Waals surface area contributed by atoms with E-state index >= 15 is 0 Å². The van der Waals surface area contributed by atoms with Gasteiger partial charge in [0, 0.05) is 27.3 Å². The Morgan fingerprint density at radius 2 is 0.696 bits per heavy atom. The minimum Gasteiger partial charge on any atom is -0.309 e. The van der Waals surface area contributed by atoms with Gasteiger partial charge in [-0.25, -0.2) is 0 Å². The van der Waals surface area contributed by atoms with Gasteiger partial charge >= 0.3 is 0 Å². The fraction of sp³-hybridized carbons (Fsp3) is 0.0882. The molecule has 2 aliphatic carbocycles. The highest BCUT2D eigenvalue weighted by Gasteiger charge is 2.38. The molecule has 2 aliphatic rings. The second kappa shape index (κ2) is 14.6. The maximum Gasteiger partial charge on any atom is 0.0540 e. The summed E-state index contributed by atoms with van der Waals surface area (Å²) in [5.41, 5.74) is 19.1. The first-order valence-corrected chi connectivity index (χ1v) is 24.4. The molecule has 0 bridgehead atoms. The molecule has 12 aromatic rings. The summed E-state index contributed by atoms with van der Waals surface area (Å²) in [6.45, 7) is 9.55. The Bertz CT molecular complexity index is 4060. The Labute approximate surface area is 403 Å². The molecule has 0 saturated heterocycles. The lowest BCUT2D eigenvalue weighted by atomic mass is 9.80. The smallest absolute Gasteiger partial charge is 0.0540 e. The molecule has 0 heterocycles. The molecule has 0 radical (unpaired) electrons. The predicted molar refractivity (Wildman–Crippen MR) is 295 cm³/mol. The number of nitrogens with zero attached hydrogens (tertiary/aromatic N) is 1. The summed E-state index contributed by atoms with van der Waals surface area (Å²) in [5, 5.41) is 12.6. The van der Waals surface area contributed by atoms with E-state index in [1.165, 1.54) is 132 Å². The molecule has 0 fully saturated rings. The van der Waals surface area contributed by atoms with Crippen LogP contribution in [0.3, 0.4) is 0 Å². The summed E-state index contributed by atoms with van der Waals surface area (Å²) in [6.07, 6.45) is 0. The van der Waals surface area contributed by atoms with Crippen molar-refractivity contribution in [2.75, 3.05) is 4.90 Å². The molecule has 0 aliphatic heterocycles. The highest BCUT2D eigenvalue weighted by atomic mass is 15.1. The van der Waals surface area contributed by atoms with Gasteiger partial charge in [-0.1, -0.05) is 204 Å². The largest absolute Gasteiger partial charge is 0.309 e. The van der Waals surface area contributed by atoms with Crippen molar-refractivity contribution in [1.29, 1.82) is 0 Å². The molecule has 0 unspecified atom stereocenters. The number of benzene rings is 12. The molecule has 326 valence electrons. The molecule has 0 aromatic heterocycles. The van der Waals surface area contributed by atoms with Gasteiger partial charge in [-0.3, -0.25) is 0 Å². The molecule has 14 rings (SSSR count). The average molecular weight is 880 g/mol. The van der Waals surface area contributed by atoms with Crippen molar-refractivity contribution in [2.45, 2.75) is 38.5 Å². The van der Waals surface area contributed by atoms with Crippen LogP contribution >= 0.6 is 0 Å². The van der Waals surface area contributed by atoms with Crippen molar-refractivity contribution in [1.82, 2.24) is 0 Å². The zero-order valence-corrected chi connectivity index (χ0v) is 39.3. The molecule has 0 saturated carbocycles. The number of rotatable bonds is 5. The number of hydrogen-bond donors (Lipinski definition) is 0. The molecule has 0 spiro atoms. The van der Waals surface area contributed by atoms with Crippen LogP contribution in [0.4, 0.5) is 17.1 Å². The van der Waals surface area contributed by atoms with Crippen LogP contribution in [0.2, 0.25) is 0 Å². The van der Waals surface area contributed by atoms with Crippen molar-refractivity contribution in [3.8, 4) is 44.5 Å². The van der Waals surface area contributed by atoms with E-state index in [9.17, 15) is 0 Å². The summed E-state index contributed by atoms with van der Waals surface area (Å²) < 4.78 is 0. The highest BCUT2D eigenvalue weighted by molar-refractivity contribution is 6.24. The van der Waals surface area contributed by atoms with Gasteiger partial charge in [0.05, 0.1) is 11.4 Å². The fourth-order valence-electron chi connectivity index (χ4n) is 12.6. The molecule has 0 amide bonds. The topological polar surface area (TPSA) is 3.24 Å². The summed E-state index contributed by atoms with van der Waals surface area (Å²) in [5.74, 6) is 0. The Balaban J connectivity index is 0.914. The van der Waals surface area contributed by atoms with E-state index in [0.29, 0.717) is 0 Å². The van der Waals surface area contributed by atoms with Crippen molar-refractivity contribution in [2.24, 2.45) is 0 Å². The quantitative estimate of drug-likeness (QED) is 0.156. The van der Waals surface area contributed by atoms with Gasteiger partial charge in [0.25, 0.3) is 0 Å². The summed E-state index contributed by atoms with van der Waals surface area (Å²) in [7, 11) is 0. The molecule has 0 N–H and O–H groups in total. The third kappa shape index (κ3) is 5.77. The van der Waals surface area contributed by atoms with Crippen LogP contribution in [0.5, 0.6) is 0 Å². The molecule has 69 heavy (non-hydrogen) atoms. The number of anilines is 3. The predicted octanol–water partition coefficient (Wildman–Crippen LogP) is 18.9. The fourth-order valence-corrected chi connectivity index (χ4v) is 12.6. The minimum absolute atomic E-state index is 0.0294. The SMILES string of the molecule is CC1(C)c2ccccc2-c2cc(-c3cc4c5ccccc5c(-c5ccc6c(c5)C(C)(C)c5cc(N(c7cccc8ccccc78)c7cccc8ccccc78)ccc5-6)cc4c4ccccc34)ccc21. The van der Waals surface area contributed by atoms with E-state index in [4.69, 9.17) is 0 Å². The summed E-state index contributed by atoms with van der Waals surface area (Å²) in [4.78, 5) is 2.48. The lowest BCUT2D eigenvalue weighted by Gasteiger charge is -2.30. The van der Waals surface area contributed by atoms with Crippen LogP contribution < -0.4 is 4.90 Å². The molecule has 1 heteroatoms. The molecule has 0 atom stereocenters. The summed E-state index contributed by atoms with van der Waals surface area (Å²) >= 11 is 0. The van der Waals surface area contributed by atoms with E-state index in [2.05, 4.69) is 257 Å². The van der Waals surface area contributed by atoms with Crippen LogP contribution in [-0.4, -0.2) is 0 Å². The number of hydrogen-bond acceptors (Lipinski definition) is 1. The van der Waals surface area contributed by atoms with Crippen LogP contribution in [0, 0.1) is 0 Å². The third-order valence-electron chi connectivity index (χ3n) is 16.0. The lowest BCUT2D eigenvalue weighted by molar-refractivity contribution is 0.660. The van der Waals surface area contributed by atoms with E-state index in [-0.39, 0.29) is 10.8 Å². The van der Waals surface area contributed by atoms with Crippen LogP contribution in [0.1, 0.15) is 49.9 Å². The standard InChI is InChI=1S/C68H49N/c1-67(2)61-28-14-13-27-53(61)60-37-44(32-36-62(60)67)56-40-58-52-26-12-10-24-50(52)57(41-59(58)51-25-11-9-23-49(51)56)45-31-34-54-55-35-33-46(39-64(55)68(3,4)63(54)38-45)69(65-29-15-19-42-17-5-7-21-47(42)65)66-30-16-20-43-18-6-8-22-48(43)66/h5-41H,1-4H3.